The van der Waals surface area contributed by atoms with E-state index >= 15 is 0 Å². The maximum Gasteiger partial charge on any atom is 0.419 e. The number of fused-ring (bicyclic) bond motifs is 1. The summed E-state index contributed by atoms with van der Waals surface area (Å²) in [5.41, 5.74) is 0.809. The molecule has 0 spiro atoms. The topological polar surface area (TPSA) is 70.9 Å². The Bertz CT molecular complexity index is 1110. The molecule has 0 saturated heterocycles. The van der Waals surface area contributed by atoms with Crippen LogP contribution in [0.3, 0.4) is 0 Å². The van der Waals surface area contributed by atoms with E-state index in [1.807, 2.05) is 20.8 Å². The van der Waals surface area contributed by atoms with E-state index in [0.717, 1.165) is 17.4 Å². The molecule has 3 rings (SSSR count). The minimum Gasteiger partial charge on any atom is -0.492 e. The number of rotatable bonds is 5. The summed E-state index contributed by atoms with van der Waals surface area (Å²) in [6.45, 7) is 5.61. The van der Waals surface area contributed by atoms with Crippen LogP contribution in [0.25, 0.3) is 0 Å². The SMILES string of the molecule is CC(C)=C/N=C(\C)C1c2cccc(C(=O)Nc3ccc(F)c(C(F)(F)F)c3)c2OC[C@@H]1CO. The highest BCUT2D eigenvalue weighted by Crippen LogP contribution is 2.40. The second-order valence-corrected chi connectivity index (χ2v) is 8.08. The van der Waals surface area contributed by atoms with Gasteiger partial charge in [0.2, 0.25) is 0 Å². The first-order chi connectivity index (χ1) is 15.5. The molecule has 1 aliphatic heterocycles. The number of ether oxygens (including phenoxy) is 1. The van der Waals surface area contributed by atoms with Gasteiger partial charge in [0, 0.05) is 35.0 Å². The molecule has 0 fully saturated rings. The van der Waals surface area contributed by atoms with Crippen molar-refractivity contribution in [1.29, 1.82) is 0 Å². The van der Waals surface area contributed by atoms with E-state index in [-0.39, 0.29) is 42.0 Å². The summed E-state index contributed by atoms with van der Waals surface area (Å²) in [5.74, 6) is -2.45. The number of anilines is 1. The molecule has 0 aromatic heterocycles. The molecular formula is C24H24F4N2O3. The van der Waals surface area contributed by atoms with Gasteiger partial charge < -0.3 is 15.2 Å². The van der Waals surface area contributed by atoms with Crippen LogP contribution in [-0.4, -0.2) is 29.9 Å². The Morgan fingerprint density at radius 2 is 1.97 bits per heavy atom. The Kier molecular flexibility index (Phi) is 7.22. The number of hydrogen-bond donors (Lipinski definition) is 2. The van der Waals surface area contributed by atoms with Crippen LogP contribution >= 0.6 is 0 Å². The number of para-hydroxylation sites is 1. The largest absolute Gasteiger partial charge is 0.492 e. The van der Waals surface area contributed by atoms with Gasteiger partial charge in [0.05, 0.1) is 24.3 Å². The van der Waals surface area contributed by atoms with Gasteiger partial charge in [-0.15, -0.1) is 0 Å². The normalized spacial score (nSPS) is 18.2. The van der Waals surface area contributed by atoms with Crippen LogP contribution in [0.5, 0.6) is 5.75 Å². The predicted octanol–water partition coefficient (Wildman–Crippen LogP) is 5.57. The van der Waals surface area contributed by atoms with Crippen molar-refractivity contribution in [3.8, 4) is 5.75 Å². The van der Waals surface area contributed by atoms with Crippen LogP contribution in [-0.2, 0) is 6.18 Å². The molecule has 0 bridgehead atoms. The third-order valence-electron chi connectivity index (χ3n) is 5.28. The van der Waals surface area contributed by atoms with E-state index in [9.17, 15) is 27.5 Å². The molecule has 2 aromatic rings. The van der Waals surface area contributed by atoms with Gasteiger partial charge in [0.15, 0.2) is 0 Å². The fraction of sp³-hybridized carbons (Fsp3) is 0.333. The number of aliphatic hydroxyl groups excluding tert-OH is 1. The van der Waals surface area contributed by atoms with E-state index < -0.39 is 23.5 Å². The molecular weight excluding hydrogens is 440 g/mol. The Balaban J connectivity index is 1.97. The lowest BCUT2D eigenvalue weighted by Crippen LogP contribution is -2.33. The average molecular weight is 464 g/mol. The molecule has 0 radical (unpaired) electrons. The molecule has 1 aliphatic rings. The van der Waals surface area contributed by atoms with Crippen molar-refractivity contribution in [3.05, 3.63) is 70.7 Å². The highest BCUT2D eigenvalue weighted by molar-refractivity contribution is 6.07. The first kappa shape index (κ1) is 24.4. The van der Waals surface area contributed by atoms with Crippen molar-refractivity contribution in [2.45, 2.75) is 32.9 Å². The number of carbonyl (C=O) groups excluding carboxylic acids is 1. The number of aliphatic imine (C=N–C) groups is 1. The fourth-order valence-electron chi connectivity index (χ4n) is 3.73. The van der Waals surface area contributed by atoms with Gasteiger partial charge >= 0.3 is 6.18 Å². The number of amides is 1. The zero-order valence-corrected chi connectivity index (χ0v) is 18.3. The Morgan fingerprint density at radius 1 is 1.24 bits per heavy atom. The number of halogens is 4. The second kappa shape index (κ2) is 9.74. The van der Waals surface area contributed by atoms with E-state index in [0.29, 0.717) is 17.7 Å². The van der Waals surface area contributed by atoms with Crippen LogP contribution in [0.4, 0.5) is 23.2 Å². The van der Waals surface area contributed by atoms with Crippen molar-refractivity contribution in [2.24, 2.45) is 10.9 Å². The molecule has 2 atom stereocenters. The molecule has 1 unspecified atom stereocenters. The molecule has 5 nitrogen and oxygen atoms in total. The number of alkyl halides is 3. The molecule has 1 amide bonds. The van der Waals surface area contributed by atoms with Crippen LogP contribution in [0.2, 0.25) is 0 Å². The molecule has 1 heterocycles. The average Bonchev–Trinajstić information content (AvgIpc) is 2.76. The summed E-state index contributed by atoms with van der Waals surface area (Å²) in [4.78, 5) is 17.4. The lowest BCUT2D eigenvalue weighted by molar-refractivity contribution is -0.139. The van der Waals surface area contributed by atoms with Crippen molar-refractivity contribution in [1.82, 2.24) is 0 Å². The Morgan fingerprint density at radius 3 is 2.61 bits per heavy atom. The zero-order chi connectivity index (χ0) is 24.3. The lowest BCUT2D eigenvalue weighted by atomic mass is 9.80. The van der Waals surface area contributed by atoms with Gasteiger partial charge in [0.1, 0.15) is 11.6 Å². The highest BCUT2D eigenvalue weighted by atomic mass is 19.4. The maximum atomic E-state index is 13.6. The minimum atomic E-state index is -4.89. The third-order valence-corrected chi connectivity index (χ3v) is 5.28. The van der Waals surface area contributed by atoms with E-state index in [4.69, 9.17) is 4.74 Å². The number of benzene rings is 2. The van der Waals surface area contributed by atoms with Crippen LogP contribution in [0.1, 0.15) is 48.2 Å². The van der Waals surface area contributed by atoms with Gasteiger partial charge in [-0.2, -0.15) is 13.2 Å². The summed E-state index contributed by atoms with van der Waals surface area (Å²) < 4.78 is 58.4. The van der Waals surface area contributed by atoms with E-state index in [1.165, 1.54) is 6.07 Å². The first-order valence-electron chi connectivity index (χ1n) is 10.2. The highest BCUT2D eigenvalue weighted by Gasteiger charge is 2.36. The lowest BCUT2D eigenvalue weighted by Gasteiger charge is -2.33. The van der Waals surface area contributed by atoms with Crippen LogP contribution < -0.4 is 10.1 Å². The van der Waals surface area contributed by atoms with Crippen molar-refractivity contribution < 1.29 is 32.2 Å². The molecule has 0 saturated carbocycles. The van der Waals surface area contributed by atoms with E-state index in [1.54, 1.807) is 18.3 Å². The number of allylic oxidation sites excluding steroid dienone is 1. The van der Waals surface area contributed by atoms with Gasteiger partial charge in [-0.05, 0) is 45.0 Å². The van der Waals surface area contributed by atoms with Gasteiger partial charge in [-0.3, -0.25) is 9.79 Å². The summed E-state index contributed by atoms with van der Waals surface area (Å²) in [5, 5.41) is 12.2. The second-order valence-electron chi connectivity index (χ2n) is 8.08. The van der Waals surface area contributed by atoms with Gasteiger partial charge in [0.25, 0.3) is 5.91 Å². The minimum absolute atomic E-state index is 0.113. The zero-order valence-electron chi connectivity index (χ0n) is 18.3. The summed E-state index contributed by atoms with van der Waals surface area (Å²) in [6.07, 6.45) is -3.18. The molecule has 176 valence electrons. The van der Waals surface area contributed by atoms with Gasteiger partial charge in [-0.1, -0.05) is 17.7 Å². The number of nitrogens with one attached hydrogen (secondary N) is 1. The van der Waals surface area contributed by atoms with E-state index in [2.05, 4.69) is 10.3 Å². The molecule has 9 heteroatoms. The van der Waals surface area contributed by atoms with Crippen LogP contribution in [0, 0.1) is 11.7 Å². The monoisotopic (exact) mass is 464 g/mol. The Hall–Kier alpha value is -3.20. The summed E-state index contributed by atoms with van der Waals surface area (Å²) in [6, 6.07) is 7.13. The van der Waals surface area contributed by atoms with Crippen molar-refractivity contribution in [3.63, 3.8) is 0 Å². The number of hydrogen-bond acceptors (Lipinski definition) is 4. The molecule has 33 heavy (non-hydrogen) atoms. The number of aliphatic hydroxyl groups is 1. The molecule has 2 N–H and O–H groups in total. The smallest absolute Gasteiger partial charge is 0.419 e. The summed E-state index contributed by atoms with van der Waals surface area (Å²) in [7, 11) is 0. The number of nitrogens with zero attached hydrogens (tertiary/aromatic N) is 1. The maximum absolute atomic E-state index is 13.6. The summed E-state index contributed by atoms with van der Waals surface area (Å²) >= 11 is 0. The van der Waals surface area contributed by atoms with Crippen LogP contribution in [0.15, 0.2) is 53.2 Å². The molecule has 0 aliphatic carbocycles. The number of carbonyl (C=O) groups is 1. The standard InChI is InChI=1S/C24H24F4N2O3/c1-13(2)10-29-14(3)21-15(11-31)12-33-22-17(21)5-4-6-18(22)23(32)30-16-7-8-20(25)19(9-16)24(26,27)28/h4-10,15,21,31H,11-12H2,1-3H3,(H,30,32)/b29-14+/t15-,21?/m0/s1. The third kappa shape index (κ3) is 5.42. The first-order valence-corrected chi connectivity index (χ1v) is 10.2. The van der Waals surface area contributed by atoms with Gasteiger partial charge in [-0.25, -0.2) is 4.39 Å². The Labute approximate surface area is 188 Å². The predicted molar refractivity (Wildman–Crippen MR) is 117 cm³/mol. The van der Waals surface area contributed by atoms with Crippen molar-refractivity contribution in [2.75, 3.05) is 18.5 Å². The van der Waals surface area contributed by atoms with Crippen molar-refractivity contribution >= 4 is 17.3 Å². The fourth-order valence-corrected chi connectivity index (χ4v) is 3.73. The molecule has 2 aromatic carbocycles. The quantitative estimate of drug-likeness (QED) is 0.449.